The van der Waals surface area contributed by atoms with Crippen molar-refractivity contribution in [3.05, 3.63) is 71.3 Å². The zero-order valence-corrected chi connectivity index (χ0v) is 14.3. The van der Waals surface area contributed by atoms with E-state index >= 15 is 0 Å². The fourth-order valence-corrected chi connectivity index (χ4v) is 4.48. The van der Waals surface area contributed by atoms with Gasteiger partial charge >= 0.3 is 0 Å². The van der Waals surface area contributed by atoms with Crippen LogP contribution in [0.3, 0.4) is 0 Å². The molecule has 2 aliphatic rings. The Hall–Kier alpha value is -1.78. The highest BCUT2D eigenvalue weighted by atomic mass is 19.1. The lowest BCUT2D eigenvalue weighted by molar-refractivity contribution is 0.0797. The predicted molar refractivity (Wildman–Crippen MR) is 95.6 cm³/mol. The third kappa shape index (κ3) is 3.60. The van der Waals surface area contributed by atoms with Crippen LogP contribution in [0.4, 0.5) is 8.78 Å². The van der Waals surface area contributed by atoms with Crippen LogP contribution in [0.15, 0.2) is 48.5 Å². The predicted octanol–water partition coefficient (Wildman–Crippen LogP) is 3.78. The lowest BCUT2D eigenvalue weighted by Crippen LogP contribution is -2.55. The topological polar surface area (TPSA) is 15.3 Å². The second kappa shape index (κ2) is 7.22. The van der Waals surface area contributed by atoms with E-state index in [1.54, 1.807) is 0 Å². The van der Waals surface area contributed by atoms with Gasteiger partial charge in [-0.25, -0.2) is 8.78 Å². The van der Waals surface area contributed by atoms with Gasteiger partial charge in [0.25, 0.3) is 0 Å². The highest BCUT2D eigenvalue weighted by Crippen LogP contribution is 2.38. The molecule has 4 rings (SSSR count). The van der Waals surface area contributed by atoms with E-state index in [2.05, 4.69) is 10.2 Å². The second-order valence-corrected chi connectivity index (χ2v) is 7.27. The molecular formula is C21H24F2N2. The first-order chi connectivity index (χ1) is 12.2. The zero-order chi connectivity index (χ0) is 17.2. The van der Waals surface area contributed by atoms with Gasteiger partial charge in [-0.05, 0) is 54.2 Å². The molecule has 2 aromatic rings. The lowest BCUT2D eigenvalue weighted by Gasteiger charge is -2.45. The number of piperidine rings is 1. The van der Waals surface area contributed by atoms with Crippen LogP contribution in [-0.2, 0) is 0 Å². The minimum absolute atomic E-state index is 0.178. The Balaban J connectivity index is 1.65. The van der Waals surface area contributed by atoms with Crippen molar-refractivity contribution in [1.29, 1.82) is 0 Å². The van der Waals surface area contributed by atoms with E-state index in [0.29, 0.717) is 12.0 Å². The number of hydrogen-bond acceptors (Lipinski definition) is 2. The molecular weight excluding hydrogens is 318 g/mol. The maximum atomic E-state index is 13.4. The van der Waals surface area contributed by atoms with E-state index in [1.165, 1.54) is 30.7 Å². The summed E-state index contributed by atoms with van der Waals surface area (Å²) >= 11 is 0. The van der Waals surface area contributed by atoms with E-state index in [4.69, 9.17) is 0 Å². The summed E-state index contributed by atoms with van der Waals surface area (Å²) in [6.07, 6.45) is 2.32. The summed E-state index contributed by atoms with van der Waals surface area (Å²) in [7, 11) is 0. The molecule has 2 heterocycles. The molecule has 2 aromatic carbocycles. The maximum Gasteiger partial charge on any atom is 0.123 e. The quantitative estimate of drug-likeness (QED) is 0.913. The normalized spacial score (nSPS) is 24.3. The molecule has 0 radical (unpaired) electrons. The van der Waals surface area contributed by atoms with Crippen molar-refractivity contribution in [2.24, 2.45) is 5.92 Å². The van der Waals surface area contributed by atoms with E-state index in [1.807, 2.05) is 24.3 Å². The first-order valence-electron chi connectivity index (χ1n) is 9.16. The van der Waals surface area contributed by atoms with Crippen LogP contribution in [0.5, 0.6) is 0 Å². The summed E-state index contributed by atoms with van der Waals surface area (Å²) in [4.78, 5) is 2.59. The molecule has 0 saturated carbocycles. The third-order valence-corrected chi connectivity index (χ3v) is 5.74. The molecule has 2 atom stereocenters. The summed E-state index contributed by atoms with van der Waals surface area (Å²) in [6, 6.07) is 14.3. The maximum absolute atomic E-state index is 13.4. The number of nitrogens with zero attached hydrogens (tertiary/aromatic N) is 1. The van der Waals surface area contributed by atoms with Gasteiger partial charge in [-0.3, -0.25) is 4.90 Å². The molecule has 0 spiro atoms. The largest absolute Gasteiger partial charge is 0.314 e. The summed E-state index contributed by atoms with van der Waals surface area (Å²) in [5.41, 5.74) is 2.23. The molecule has 4 heteroatoms. The number of rotatable bonds is 3. The van der Waals surface area contributed by atoms with Gasteiger partial charge in [-0.1, -0.05) is 24.3 Å². The molecule has 132 valence electrons. The van der Waals surface area contributed by atoms with Crippen molar-refractivity contribution in [1.82, 2.24) is 10.2 Å². The Kier molecular flexibility index (Phi) is 4.82. The number of benzene rings is 2. The highest BCUT2D eigenvalue weighted by Gasteiger charge is 2.35. The molecule has 25 heavy (non-hydrogen) atoms. The van der Waals surface area contributed by atoms with Crippen LogP contribution >= 0.6 is 0 Å². The summed E-state index contributed by atoms with van der Waals surface area (Å²) in [6.45, 7) is 4.25. The molecule has 2 fully saturated rings. The molecule has 0 unspecified atom stereocenters. The molecule has 0 bridgehead atoms. The molecule has 1 N–H and O–H groups in total. The van der Waals surface area contributed by atoms with Gasteiger partial charge in [0, 0.05) is 38.1 Å². The molecule has 2 nitrogen and oxygen atoms in total. The van der Waals surface area contributed by atoms with E-state index in [9.17, 15) is 8.78 Å². The summed E-state index contributed by atoms with van der Waals surface area (Å²) in [5.74, 6) is 0.210. The van der Waals surface area contributed by atoms with Gasteiger partial charge in [-0.15, -0.1) is 0 Å². The van der Waals surface area contributed by atoms with E-state index < -0.39 is 0 Å². The number of fused-ring (bicyclic) bond motifs is 1. The highest BCUT2D eigenvalue weighted by molar-refractivity contribution is 5.34. The van der Waals surface area contributed by atoms with Crippen molar-refractivity contribution in [2.75, 3.05) is 26.2 Å². The van der Waals surface area contributed by atoms with Crippen LogP contribution < -0.4 is 5.32 Å². The van der Waals surface area contributed by atoms with Crippen LogP contribution in [0.1, 0.15) is 29.9 Å². The molecule has 2 saturated heterocycles. The Morgan fingerprint density at radius 3 is 2.08 bits per heavy atom. The van der Waals surface area contributed by atoms with Gasteiger partial charge in [0.1, 0.15) is 11.6 Å². The Morgan fingerprint density at radius 1 is 0.880 bits per heavy atom. The Morgan fingerprint density at radius 2 is 1.48 bits per heavy atom. The summed E-state index contributed by atoms with van der Waals surface area (Å²) < 4.78 is 26.8. The van der Waals surface area contributed by atoms with Crippen molar-refractivity contribution < 1.29 is 8.78 Å². The molecule has 0 aromatic heterocycles. The van der Waals surface area contributed by atoms with Crippen molar-refractivity contribution in [3.8, 4) is 0 Å². The van der Waals surface area contributed by atoms with Crippen molar-refractivity contribution >= 4 is 0 Å². The van der Waals surface area contributed by atoms with Crippen LogP contribution in [0, 0.1) is 17.6 Å². The third-order valence-electron chi connectivity index (χ3n) is 5.74. The number of hydrogen-bond donors (Lipinski definition) is 1. The van der Waals surface area contributed by atoms with Gasteiger partial charge < -0.3 is 5.32 Å². The SMILES string of the molecule is Fc1ccc(C(c2ccc(F)cc2)[C@@H]2CC[C@H]3CNCCN3C2)cc1. The van der Waals surface area contributed by atoms with Crippen LogP contribution in [0.2, 0.25) is 0 Å². The fraction of sp³-hybridized carbons (Fsp3) is 0.429. The van der Waals surface area contributed by atoms with Gasteiger partial charge in [0.2, 0.25) is 0 Å². The minimum Gasteiger partial charge on any atom is -0.314 e. The second-order valence-electron chi connectivity index (χ2n) is 7.27. The van der Waals surface area contributed by atoms with E-state index in [0.717, 1.165) is 43.7 Å². The fourth-order valence-electron chi connectivity index (χ4n) is 4.48. The average Bonchev–Trinajstić information content (AvgIpc) is 2.65. The van der Waals surface area contributed by atoms with Gasteiger partial charge in [-0.2, -0.15) is 0 Å². The Labute approximate surface area is 147 Å². The standard InChI is InChI=1S/C21H24F2N2/c22-18-6-1-15(2-7-18)21(16-3-8-19(23)9-4-16)17-5-10-20-13-24-11-12-25(20)14-17/h1-4,6-9,17,20-21,24H,5,10-14H2/t17-,20+/m1/s1. The summed E-state index contributed by atoms with van der Waals surface area (Å²) in [5, 5.41) is 3.48. The van der Waals surface area contributed by atoms with Crippen LogP contribution in [0.25, 0.3) is 0 Å². The van der Waals surface area contributed by atoms with Crippen molar-refractivity contribution in [2.45, 2.75) is 24.8 Å². The van der Waals surface area contributed by atoms with Crippen LogP contribution in [-0.4, -0.2) is 37.1 Å². The molecule has 2 aliphatic heterocycles. The number of nitrogens with one attached hydrogen (secondary N) is 1. The van der Waals surface area contributed by atoms with Gasteiger partial charge in [0.05, 0.1) is 0 Å². The number of halogens is 2. The smallest absolute Gasteiger partial charge is 0.123 e. The number of piperazine rings is 1. The minimum atomic E-state index is -0.215. The Bertz CT molecular complexity index is 653. The lowest BCUT2D eigenvalue weighted by atomic mass is 9.75. The van der Waals surface area contributed by atoms with Crippen molar-refractivity contribution in [3.63, 3.8) is 0 Å². The van der Waals surface area contributed by atoms with E-state index in [-0.39, 0.29) is 17.6 Å². The average molecular weight is 342 g/mol. The zero-order valence-electron chi connectivity index (χ0n) is 14.3. The van der Waals surface area contributed by atoms with Gasteiger partial charge in [0.15, 0.2) is 0 Å². The molecule has 0 amide bonds. The first kappa shape index (κ1) is 16.7. The first-order valence-corrected chi connectivity index (χ1v) is 9.16. The monoisotopic (exact) mass is 342 g/mol. The molecule has 0 aliphatic carbocycles.